The highest BCUT2D eigenvalue weighted by atomic mass is 16.5. The summed E-state index contributed by atoms with van der Waals surface area (Å²) in [6.07, 6.45) is 7.70. The van der Waals surface area contributed by atoms with Crippen molar-refractivity contribution in [2.24, 2.45) is 18.9 Å². The van der Waals surface area contributed by atoms with E-state index in [9.17, 15) is 9.59 Å². The number of aromatic nitrogens is 2. The number of rotatable bonds is 6. The van der Waals surface area contributed by atoms with E-state index < -0.39 is 6.04 Å². The molecule has 32 heavy (non-hydrogen) atoms. The first-order valence-electron chi connectivity index (χ1n) is 11.8. The van der Waals surface area contributed by atoms with Crippen molar-refractivity contribution in [3.05, 3.63) is 47.8 Å². The maximum Gasteiger partial charge on any atom is 0.270 e. The standard InChI is InChI=1S/C25H34N4O3/c1-17-3-5-20(6-4-17)23(28-24(30)22-11-14-26-29(22)2)25(31)27-21-9-7-18(8-10-21)19-12-15-32-16-13-19/h7-11,14,17,19-20,23H,3-6,12-13,15-16H2,1-2H3,(H,27,31)(H,28,30)/t17-,20-,23-/m0/s1. The molecule has 1 aromatic carbocycles. The van der Waals surface area contributed by atoms with E-state index in [1.807, 2.05) is 12.1 Å². The number of ether oxygens (including phenoxy) is 1. The average Bonchev–Trinajstić information content (AvgIpc) is 3.25. The second kappa shape index (κ2) is 10.3. The second-order valence-corrected chi connectivity index (χ2v) is 9.31. The molecule has 7 nitrogen and oxygen atoms in total. The fourth-order valence-corrected chi connectivity index (χ4v) is 4.92. The summed E-state index contributed by atoms with van der Waals surface area (Å²) in [6, 6.07) is 9.22. The number of carbonyl (C=O) groups excluding carboxylic acids is 2. The smallest absolute Gasteiger partial charge is 0.270 e. The molecular weight excluding hydrogens is 404 g/mol. The minimum Gasteiger partial charge on any atom is -0.381 e. The van der Waals surface area contributed by atoms with Crippen molar-refractivity contribution in [1.29, 1.82) is 0 Å². The number of benzene rings is 1. The molecule has 7 heteroatoms. The zero-order chi connectivity index (χ0) is 22.5. The molecule has 0 bridgehead atoms. The van der Waals surface area contributed by atoms with Gasteiger partial charge in [0.2, 0.25) is 5.91 Å². The monoisotopic (exact) mass is 438 g/mol. The van der Waals surface area contributed by atoms with Crippen LogP contribution in [0.1, 0.15) is 67.4 Å². The first-order chi connectivity index (χ1) is 15.5. The minimum absolute atomic E-state index is 0.130. The molecule has 2 fully saturated rings. The van der Waals surface area contributed by atoms with E-state index in [0.29, 0.717) is 17.5 Å². The second-order valence-electron chi connectivity index (χ2n) is 9.31. The van der Waals surface area contributed by atoms with Gasteiger partial charge in [0, 0.05) is 32.1 Å². The van der Waals surface area contributed by atoms with Gasteiger partial charge >= 0.3 is 0 Å². The molecule has 1 aliphatic heterocycles. The van der Waals surface area contributed by atoms with E-state index in [0.717, 1.165) is 57.4 Å². The van der Waals surface area contributed by atoms with Gasteiger partial charge in [-0.15, -0.1) is 0 Å². The molecule has 1 atom stereocenters. The van der Waals surface area contributed by atoms with Gasteiger partial charge in [0.25, 0.3) is 5.91 Å². The highest BCUT2D eigenvalue weighted by Crippen LogP contribution is 2.31. The van der Waals surface area contributed by atoms with Gasteiger partial charge in [0.05, 0.1) is 0 Å². The number of hydrogen-bond donors (Lipinski definition) is 2. The molecule has 2 aliphatic rings. The third kappa shape index (κ3) is 5.38. The number of anilines is 1. The zero-order valence-electron chi connectivity index (χ0n) is 19.0. The predicted octanol–water partition coefficient (Wildman–Crippen LogP) is 3.88. The van der Waals surface area contributed by atoms with Crippen LogP contribution in [0.2, 0.25) is 0 Å². The third-order valence-corrected chi connectivity index (χ3v) is 7.03. The summed E-state index contributed by atoms with van der Waals surface area (Å²) in [4.78, 5) is 26.2. The van der Waals surface area contributed by atoms with Crippen LogP contribution >= 0.6 is 0 Å². The van der Waals surface area contributed by atoms with Gasteiger partial charge in [-0.1, -0.05) is 31.9 Å². The molecule has 2 amide bonds. The van der Waals surface area contributed by atoms with Crippen molar-refractivity contribution in [3.8, 4) is 0 Å². The van der Waals surface area contributed by atoms with Crippen molar-refractivity contribution < 1.29 is 14.3 Å². The molecule has 1 aromatic heterocycles. The number of nitrogens with one attached hydrogen (secondary N) is 2. The van der Waals surface area contributed by atoms with Crippen molar-refractivity contribution in [2.75, 3.05) is 18.5 Å². The van der Waals surface area contributed by atoms with Gasteiger partial charge < -0.3 is 15.4 Å². The lowest BCUT2D eigenvalue weighted by molar-refractivity contribution is -0.119. The highest BCUT2D eigenvalue weighted by Gasteiger charge is 2.33. The van der Waals surface area contributed by atoms with Gasteiger partial charge in [-0.25, -0.2) is 0 Å². The lowest BCUT2D eigenvalue weighted by Crippen LogP contribution is -2.49. The first kappa shape index (κ1) is 22.5. The molecule has 4 rings (SSSR count). The van der Waals surface area contributed by atoms with Crippen molar-refractivity contribution >= 4 is 17.5 Å². The molecule has 1 saturated heterocycles. The summed E-state index contributed by atoms with van der Waals surface area (Å²) in [5.74, 6) is 0.895. The molecule has 0 radical (unpaired) electrons. The van der Waals surface area contributed by atoms with Crippen LogP contribution in [-0.2, 0) is 16.6 Å². The van der Waals surface area contributed by atoms with Crippen LogP contribution in [0.4, 0.5) is 5.69 Å². The topological polar surface area (TPSA) is 85.2 Å². The summed E-state index contributed by atoms with van der Waals surface area (Å²) >= 11 is 0. The SMILES string of the molecule is Cn1nccc1C(=O)N[C@H](C(=O)Nc1ccc(C2CCOCC2)cc1)[C@H]1CC[C@H](C)CC1. The van der Waals surface area contributed by atoms with E-state index in [-0.39, 0.29) is 17.7 Å². The normalized spacial score (nSPS) is 22.8. The molecule has 0 spiro atoms. The average molecular weight is 439 g/mol. The van der Waals surface area contributed by atoms with Crippen LogP contribution in [0.15, 0.2) is 36.5 Å². The quantitative estimate of drug-likeness (QED) is 0.717. The Kier molecular flexibility index (Phi) is 7.25. The molecule has 0 unspecified atom stereocenters. The molecule has 2 aromatic rings. The van der Waals surface area contributed by atoms with Gasteiger partial charge in [-0.2, -0.15) is 5.10 Å². The van der Waals surface area contributed by atoms with Crippen molar-refractivity contribution in [1.82, 2.24) is 15.1 Å². The van der Waals surface area contributed by atoms with E-state index in [2.05, 4.69) is 34.8 Å². The minimum atomic E-state index is -0.569. The Bertz CT molecular complexity index is 910. The Labute approximate surface area is 189 Å². The Hall–Kier alpha value is -2.67. The number of hydrogen-bond acceptors (Lipinski definition) is 4. The molecule has 172 valence electrons. The van der Waals surface area contributed by atoms with Crippen LogP contribution in [-0.4, -0.2) is 40.9 Å². The van der Waals surface area contributed by atoms with E-state index in [4.69, 9.17) is 4.74 Å². The van der Waals surface area contributed by atoms with E-state index >= 15 is 0 Å². The van der Waals surface area contributed by atoms with E-state index in [1.165, 1.54) is 10.2 Å². The van der Waals surface area contributed by atoms with Gasteiger partial charge in [-0.3, -0.25) is 14.3 Å². The van der Waals surface area contributed by atoms with Crippen LogP contribution in [0.25, 0.3) is 0 Å². The Morgan fingerprint density at radius 2 is 1.72 bits per heavy atom. The molecular formula is C25H34N4O3. The van der Waals surface area contributed by atoms with Crippen molar-refractivity contribution in [2.45, 2.75) is 57.4 Å². The maximum absolute atomic E-state index is 13.3. The molecule has 1 saturated carbocycles. The fraction of sp³-hybridized carbons (Fsp3) is 0.560. The Morgan fingerprint density at radius 1 is 1.03 bits per heavy atom. The van der Waals surface area contributed by atoms with Crippen LogP contribution < -0.4 is 10.6 Å². The summed E-state index contributed by atoms with van der Waals surface area (Å²) in [6.45, 7) is 3.86. The zero-order valence-corrected chi connectivity index (χ0v) is 19.0. The molecule has 1 aliphatic carbocycles. The van der Waals surface area contributed by atoms with E-state index in [1.54, 1.807) is 19.3 Å². The summed E-state index contributed by atoms with van der Waals surface area (Å²) in [5, 5.41) is 10.1. The number of nitrogens with zero attached hydrogens (tertiary/aromatic N) is 2. The summed E-state index contributed by atoms with van der Waals surface area (Å²) in [5.41, 5.74) is 2.50. The number of aryl methyl sites for hydroxylation is 1. The first-order valence-corrected chi connectivity index (χ1v) is 11.8. The van der Waals surface area contributed by atoms with Crippen molar-refractivity contribution in [3.63, 3.8) is 0 Å². The molecule has 2 N–H and O–H groups in total. The summed E-state index contributed by atoms with van der Waals surface area (Å²) in [7, 11) is 1.73. The van der Waals surface area contributed by atoms with Crippen LogP contribution in [0.5, 0.6) is 0 Å². The molecule has 2 heterocycles. The van der Waals surface area contributed by atoms with Crippen LogP contribution in [0, 0.1) is 11.8 Å². The fourth-order valence-electron chi connectivity index (χ4n) is 4.92. The third-order valence-electron chi connectivity index (χ3n) is 7.03. The number of carbonyl (C=O) groups is 2. The maximum atomic E-state index is 13.3. The lowest BCUT2D eigenvalue weighted by atomic mass is 9.79. The van der Waals surface area contributed by atoms with Gasteiger partial charge in [-0.05, 0) is 67.2 Å². The summed E-state index contributed by atoms with van der Waals surface area (Å²) < 4.78 is 6.99. The highest BCUT2D eigenvalue weighted by molar-refractivity contribution is 6.00. The number of amides is 2. The Morgan fingerprint density at radius 3 is 2.34 bits per heavy atom. The predicted molar refractivity (Wildman–Crippen MR) is 123 cm³/mol. The van der Waals surface area contributed by atoms with Crippen LogP contribution in [0.3, 0.4) is 0 Å². The van der Waals surface area contributed by atoms with Gasteiger partial charge in [0.1, 0.15) is 11.7 Å². The largest absolute Gasteiger partial charge is 0.381 e. The van der Waals surface area contributed by atoms with Gasteiger partial charge in [0.15, 0.2) is 0 Å². The Balaban J connectivity index is 1.45. The lowest BCUT2D eigenvalue weighted by Gasteiger charge is -2.32.